The third-order valence-electron chi connectivity index (χ3n) is 1.24. The van der Waals surface area contributed by atoms with Crippen LogP contribution in [0, 0.1) is 13.0 Å². The van der Waals surface area contributed by atoms with Crippen molar-refractivity contribution in [1.29, 1.82) is 0 Å². The monoisotopic (exact) mass is 224 g/mol. The number of methoxy groups -OCH3 is 1. The molecule has 0 aliphatic carbocycles. The summed E-state index contributed by atoms with van der Waals surface area (Å²) in [6, 6.07) is 8.59. The number of hydrogen-bond donors (Lipinski definition) is 0. The van der Waals surface area contributed by atoms with Crippen molar-refractivity contribution in [3.8, 4) is 5.75 Å². The van der Waals surface area contributed by atoms with Gasteiger partial charge in [0.1, 0.15) is 0 Å². The fraction of sp³-hybridized carbons (Fsp3) is 0.250. The van der Waals surface area contributed by atoms with Gasteiger partial charge in [0.2, 0.25) is 0 Å². The maximum absolute atomic E-state index is 5.02. The molecule has 0 atom stereocenters. The first-order valence-electron chi connectivity index (χ1n) is 2.85. The van der Waals surface area contributed by atoms with Gasteiger partial charge in [0, 0.05) is 5.75 Å². The van der Waals surface area contributed by atoms with Crippen LogP contribution in [-0.2, 0) is 0 Å². The number of halogens is 1. The van der Waals surface area contributed by atoms with Crippen LogP contribution in [0.5, 0.6) is 5.75 Å². The van der Waals surface area contributed by atoms with Crippen molar-refractivity contribution in [2.45, 2.75) is 6.92 Å². The largest absolute Gasteiger partial charge is 2.00 e. The van der Waals surface area contributed by atoms with Gasteiger partial charge in [0.25, 0.3) is 0 Å². The van der Waals surface area contributed by atoms with Gasteiger partial charge in [-0.1, -0.05) is 6.92 Å². The molecule has 0 saturated heterocycles. The Morgan fingerprint density at radius 2 is 2.09 bits per heavy atom. The molecule has 0 amide bonds. The second-order valence-electron chi connectivity index (χ2n) is 1.90. The molecule has 0 saturated carbocycles. The van der Waals surface area contributed by atoms with Gasteiger partial charge in [-0.05, 0) is 0 Å². The molecule has 3 heteroatoms. The van der Waals surface area contributed by atoms with Crippen molar-refractivity contribution in [2.75, 3.05) is 7.11 Å². The summed E-state index contributed by atoms with van der Waals surface area (Å²) in [5.74, 6) is 0.925. The minimum absolute atomic E-state index is 0. The van der Waals surface area contributed by atoms with E-state index in [0.29, 0.717) is 0 Å². The smallest absolute Gasteiger partial charge is 1.00 e. The standard InChI is InChI=1S/C8H9O.BrH.Mg/c1-7-5-3-4-6-8(7)9-2;;/h4-6H,1-2H3;1H;/q-1;;+2/p-1. The SMILES string of the molecule is COc1cc[c-]cc1C.[Br-].[Mg+2]. The Morgan fingerprint density at radius 3 is 2.45 bits per heavy atom. The molecule has 0 fully saturated rings. The summed E-state index contributed by atoms with van der Waals surface area (Å²) in [6.45, 7) is 2.00. The van der Waals surface area contributed by atoms with Gasteiger partial charge in [0.15, 0.2) is 0 Å². The van der Waals surface area contributed by atoms with E-state index in [2.05, 4.69) is 6.07 Å². The minimum Gasteiger partial charge on any atom is -1.00 e. The van der Waals surface area contributed by atoms with Crippen LogP contribution in [0.25, 0.3) is 0 Å². The van der Waals surface area contributed by atoms with E-state index in [4.69, 9.17) is 4.74 Å². The molecule has 0 radical (unpaired) electrons. The maximum atomic E-state index is 5.02. The normalized spacial score (nSPS) is 7.45. The van der Waals surface area contributed by atoms with E-state index in [-0.39, 0.29) is 40.0 Å². The Kier molecular flexibility index (Phi) is 8.73. The van der Waals surface area contributed by atoms with Crippen molar-refractivity contribution in [1.82, 2.24) is 0 Å². The van der Waals surface area contributed by atoms with E-state index < -0.39 is 0 Å². The second-order valence-corrected chi connectivity index (χ2v) is 1.90. The number of ether oxygens (including phenoxy) is 1. The van der Waals surface area contributed by atoms with E-state index in [1.54, 1.807) is 7.11 Å². The number of benzene rings is 1. The van der Waals surface area contributed by atoms with Crippen LogP contribution in [0.4, 0.5) is 0 Å². The van der Waals surface area contributed by atoms with E-state index in [1.165, 1.54) is 0 Å². The molecule has 1 nitrogen and oxygen atoms in total. The first-order chi connectivity index (χ1) is 4.34. The quantitative estimate of drug-likeness (QED) is 0.414. The maximum Gasteiger partial charge on any atom is 2.00 e. The third kappa shape index (κ3) is 3.99. The van der Waals surface area contributed by atoms with Crippen LogP contribution >= 0.6 is 0 Å². The molecule has 0 heterocycles. The summed E-state index contributed by atoms with van der Waals surface area (Å²) in [7, 11) is 1.67. The Hall–Kier alpha value is 0.266. The Balaban J connectivity index is 0. The predicted octanol–water partition coefficient (Wildman–Crippen LogP) is -1.57. The van der Waals surface area contributed by atoms with Gasteiger partial charge in [-0.25, -0.2) is 0 Å². The zero-order valence-electron chi connectivity index (χ0n) is 6.73. The molecule has 0 N–H and O–H groups in total. The number of rotatable bonds is 1. The molecular weight excluding hydrogens is 216 g/mol. The minimum atomic E-state index is 0. The van der Waals surface area contributed by atoms with Crippen LogP contribution in [0.2, 0.25) is 0 Å². The molecule has 0 bridgehead atoms. The van der Waals surface area contributed by atoms with Gasteiger partial charge >= 0.3 is 23.1 Å². The molecule has 0 aliphatic heterocycles. The topological polar surface area (TPSA) is 9.23 Å². The van der Waals surface area contributed by atoms with Crippen molar-refractivity contribution >= 4 is 23.1 Å². The third-order valence-corrected chi connectivity index (χ3v) is 1.24. The zero-order chi connectivity index (χ0) is 6.69. The first kappa shape index (κ1) is 13.8. The zero-order valence-corrected chi connectivity index (χ0v) is 9.73. The fourth-order valence-corrected chi connectivity index (χ4v) is 0.729. The molecule has 0 spiro atoms. The van der Waals surface area contributed by atoms with Gasteiger partial charge in [0.05, 0.1) is 7.11 Å². The molecule has 56 valence electrons. The summed E-state index contributed by atoms with van der Waals surface area (Å²) in [6.07, 6.45) is 0. The summed E-state index contributed by atoms with van der Waals surface area (Å²) in [5, 5.41) is 0. The average molecular weight is 225 g/mol. The van der Waals surface area contributed by atoms with Gasteiger partial charge < -0.3 is 21.7 Å². The van der Waals surface area contributed by atoms with Crippen LogP contribution in [0.3, 0.4) is 0 Å². The average Bonchev–Trinajstić information content (AvgIpc) is 1.89. The molecule has 1 aromatic carbocycles. The molecule has 1 rings (SSSR count). The van der Waals surface area contributed by atoms with E-state index in [9.17, 15) is 0 Å². The number of aryl methyl sites for hydroxylation is 1. The summed E-state index contributed by atoms with van der Waals surface area (Å²) in [4.78, 5) is 0. The fourth-order valence-electron chi connectivity index (χ4n) is 0.729. The van der Waals surface area contributed by atoms with Gasteiger partial charge in [-0.15, -0.1) is 11.6 Å². The van der Waals surface area contributed by atoms with Crippen molar-refractivity contribution in [3.63, 3.8) is 0 Å². The van der Waals surface area contributed by atoms with Crippen molar-refractivity contribution in [2.24, 2.45) is 0 Å². The van der Waals surface area contributed by atoms with Crippen LogP contribution in [0.1, 0.15) is 5.56 Å². The Morgan fingerprint density at radius 1 is 1.45 bits per heavy atom. The van der Waals surface area contributed by atoms with Gasteiger partial charge in [-0.3, -0.25) is 0 Å². The van der Waals surface area contributed by atoms with E-state index in [0.717, 1.165) is 11.3 Å². The van der Waals surface area contributed by atoms with Crippen LogP contribution in [-0.4, -0.2) is 30.2 Å². The van der Waals surface area contributed by atoms with Gasteiger partial charge in [-0.2, -0.15) is 18.2 Å². The predicted molar refractivity (Wildman–Crippen MR) is 42.3 cm³/mol. The molecule has 11 heavy (non-hydrogen) atoms. The molecule has 1 aromatic rings. The van der Waals surface area contributed by atoms with Crippen LogP contribution < -0.4 is 21.7 Å². The van der Waals surface area contributed by atoms with E-state index >= 15 is 0 Å². The van der Waals surface area contributed by atoms with Crippen LogP contribution in [0.15, 0.2) is 18.2 Å². The second kappa shape index (κ2) is 6.94. The number of hydrogen-bond acceptors (Lipinski definition) is 1. The molecule has 0 aliphatic rings. The molecule has 0 aromatic heterocycles. The molecule has 0 unspecified atom stereocenters. The Bertz CT molecular complexity index is 203. The summed E-state index contributed by atoms with van der Waals surface area (Å²) < 4.78 is 5.02. The van der Waals surface area contributed by atoms with E-state index in [1.807, 2.05) is 25.1 Å². The summed E-state index contributed by atoms with van der Waals surface area (Å²) >= 11 is 0. The van der Waals surface area contributed by atoms with Crippen molar-refractivity contribution < 1.29 is 21.7 Å². The Labute approximate surface area is 94.1 Å². The molecular formula is C8H9BrMgO. The summed E-state index contributed by atoms with van der Waals surface area (Å²) in [5.41, 5.74) is 1.12. The van der Waals surface area contributed by atoms with Crippen molar-refractivity contribution in [3.05, 3.63) is 29.8 Å². The first-order valence-corrected chi connectivity index (χ1v) is 2.85.